The lowest BCUT2D eigenvalue weighted by Gasteiger charge is -2.25. The van der Waals surface area contributed by atoms with E-state index in [2.05, 4.69) is 0 Å². The lowest BCUT2D eigenvalue weighted by molar-refractivity contribution is -0.385. The van der Waals surface area contributed by atoms with Crippen molar-refractivity contribution in [3.63, 3.8) is 0 Å². The Labute approximate surface area is 170 Å². The van der Waals surface area contributed by atoms with Gasteiger partial charge in [-0.25, -0.2) is 4.39 Å². The molecule has 2 aromatic carbocycles. The molecule has 1 saturated heterocycles. The first-order chi connectivity index (χ1) is 14.3. The molecule has 9 nitrogen and oxygen atoms in total. The molecule has 0 saturated carbocycles. The molecule has 0 spiro atoms. The monoisotopic (exact) mass is 417 g/mol. The zero-order valence-electron chi connectivity index (χ0n) is 15.9. The average molecular weight is 417 g/mol. The normalized spacial score (nSPS) is 18.1. The molecule has 1 aliphatic heterocycles. The van der Waals surface area contributed by atoms with Gasteiger partial charge in [0.15, 0.2) is 11.5 Å². The fraction of sp³-hybridized carbons (Fsp3) is 0.300. The Morgan fingerprint density at radius 2 is 1.93 bits per heavy atom. The summed E-state index contributed by atoms with van der Waals surface area (Å²) in [6.07, 6.45) is -2.00. The fourth-order valence-corrected chi connectivity index (χ4v) is 3.27. The third kappa shape index (κ3) is 4.32. The van der Waals surface area contributed by atoms with E-state index in [4.69, 9.17) is 9.47 Å². The van der Waals surface area contributed by atoms with E-state index >= 15 is 0 Å². The summed E-state index contributed by atoms with van der Waals surface area (Å²) in [5.41, 5.74) is -0.224. The van der Waals surface area contributed by atoms with Crippen LogP contribution in [0.2, 0.25) is 0 Å². The number of carbonyl (C=O) groups excluding carboxylic acids is 2. The van der Waals surface area contributed by atoms with Crippen molar-refractivity contribution in [1.82, 2.24) is 4.90 Å². The summed E-state index contributed by atoms with van der Waals surface area (Å²) in [7, 11) is 1.29. The molecule has 158 valence electrons. The van der Waals surface area contributed by atoms with Crippen LogP contribution in [-0.4, -0.2) is 47.6 Å². The summed E-state index contributed by atoms with van der Waals surface area (Å²) >= 11 is 0. The number of ether oxygens (including phenoxy) is 2. The van der Waals surface area contributed by atoms with Crippen molar-refractivity contribution in [2.45, 2.75) is 25.2 Å². The van der Waals surface area contributed by atoms with Crippen LogP contribution in [0.25, 0.3) is 0 Å². The largest absolute Gasteiger partial charge is 0.548 e. The summed E-state index contributed by atoms with van der Waals surface area (Å²) < 4.78 is 24.5. The molecule has 0 N–H and O–H groups in total. The third-order valence-corrected chi connectivity index (χ3v) is 4.73. The van der Waals surface area contributed by atoms with Gasteiger partial charge < -0.3 is 24.3 Å². The number of carboxylic acid groups (broad SMARTS) is 1. The molecule has 1 amide bonds. The van der Waals surface area contributed by atoms with Crippen molar-refractivity contribution in [2.24, 2.45) is 0 Å². The zero-order valence-corrected chi connectivity index (χ0v) is 15.9. The fourth-order valence-electron chi connectivity index (χ4n) is 3.27. The Kier molecular flexibility index (Phi) is 6.14. The maximum absolute atomic E-state index is 13.7. The van der Waals surface area contributed by atoms with Crippen LogP contribution in [0.4, 0.5) is 10.1 Å². The summed E-state index contributed by atoms with van der Waals surface area (Å²) in [6.45, 7) is -0.396. The summed E-state index contributed by atoms with van der Waals surface area (Å²) in [5, 5.41) is 22.8. The van der Waals surface area contributed by atoms with Crippen molar-refractivity contribution in [3.8, 4) is 11.5 Å². The first-order valence-electron chi connectivity index (χ1n) is 9.00. The van der Waals surface area contributed by atoms with Crippen molar-refractivity contribution >= 4 is 17.6 Å². The molecule has 0 radical (unpaired) electrons. The molecule has 2 atom stereocenters. The first kappa shape index (κ1) is 21.0. The molecule has 0 aromatic heterocycles. The van der Waals surface area contributed by atoms with Gasteiger partial charge in [0.1, 0.15) is 18.3 Å². The topological polar surface area (TPSA) is 122 Å². The number of carboxylic acids is 1. The van der Waals surface area contributed by atoms with E-state index in [0.29, 0.717) is 0 Å². The predicted octanol–water partition coefficient (Wildman–Crippen LogP) is 1.48. The number of amides is 1. The third-order valence-electron chi connectivity index (χ3n) is 4.73. The van der Waals surface area contributed by atoms with Crippen LogP contribution < -0.4 is 14.6 Å². The van der Waals surface area contributed by atoms with Crippen molar-refractivity contribution < 1.29 is 33.5 Å². The Morgan fingerprint density at radius 3 is 2.53 bits per heavy atom. The maximum Gasteiger partial charge on any atom is 0.286 e. The molecular weight excluding hydrogens is 399 g/mol. The molecule has 0 bridgehead atoms. The summed E-state index contributed by atoms with van der Waals surface area (Å²) in [6, 6.07) is 9.68. The number of rotatable bonds is 7. The van der Waals surface area contributed by atoms with Gasteiger partial charge in [-0.15, -0.1) is 0 Å². The second-order valence-corrected chi connectivity index (χ2v) is 6.68. The Morgan fingerprint density at radius 1 is 1.23 bits per heavy atom. The maximum atomic E-state index is 13.7. The highest BCUT2D eigenvalue weighted by Gasteiger charge is 2.39. The van der Waals surface area contributed by atoms with Gasteiger partial charge in [-0.2, -0.15) is 0 Å². The number of benzene rings is 2. The number of hydrogen-bond acceptors (Lipinski definition) is 7. The number of halogens is 1. The van der Waals surface area contributed by atoms with Crippen molar-refractivity contribution in [3.05, 3.63) is 63.7 Å². The van der Waals surface area contributed by atoms with Gasteiger partial charge in [-0.3, -0.25) is 14.9 Å². The SMILES string of the molecule is COc1cc(C(=O)N2CC(F)CC2C(=O)[O-])c([N+](=O)[O-])cc1OCc1ccccc1. The van der Waals surface area contributed by atoms with Crippen LogP contribution in [0.5, 0.6) is 11.5 Å². The van der Waals surface area contributed by atoms with Gasteiger partial charge in [0.05, 0.1) is 36.7 Å². The average Bonchev–Trinajstić information content (AvgIpc) is 3.13. The van der Waals surface area contributed by atoms with E-state index in [0.717, 1.165) is 22.6 Å². The van der Waals surface area contributed by atoms with Gasteiger partial charge in [0.2, 0.25) is 0 Å². The van der Waals surface area contributed by atoms with Gasteiger partial charge in [-0.05, 0) is 5.56 Å². The van der Waals surface area contributed by atoms with Crippen LogP contribution in [-0.2, 0) is 11.4 Å². The minimum atomic E-state index is -1.62. The number of aliphatic carboxylic acids is 1. The van der Waals surface area contributed by atoms with E-state index in [1.54, 1.807) is 12.1 Å². The molecule has 1 heterocycles. The van der Waals surface area contributed by atoms with Crippen LogP contribution in [0.1, 0.15) is 22.3 Å². The van der Waals surface area contributed by atoms with Crippen LogP contribution in [0.15, 0.2) is 42.5 Å². The molecule has 2 aromatic rings. The number of methoxy groups -OCH3 is 1. The highest BCUT2D eigenvalue weighted by Crippen LogP contribution is 2.37. The minimum absolute atomic E-state index is 0.0332. The van der Waals surface area contributed by atoms with E-state index < -0.39 is 53.2 Å². The summed E-state index contributed by atoms with van der Waals surface area (Å²) in [5.74, 6) is -2.54. The van der Waals surface area contributed by atoms with E-state index in [9.17, 15) is 29.2 Å². The number of carbonyl (C=O) groups is 2. The van der Waals surface area contributed by atoms with Crippen LogP contribution in [0, 0.1) is 10.1 Å². The number of hydrogen-bond donors (Lipinski definition) is 0. The van der Waals surface area contributed by atoms with Crippen LogP contribution in [0.3, 0.4) is 0 Å². The van der Waals surface area contributed by atoms with Gasteiger partial charge >= 0.3 is 0 Å². The van der Waals surface area contributed by atoms with Gasteiger partial charge in [0, 0.05) is 12.5 Å². The highest BCUT2D eigenvalue weighted by molar-refractivity contribution is 6.01. The molecule has 10 heteroatoms. The second kappa shape index (κ2) is 8.76. The highest BCUT2D eigenvalue weighted by atomic mass is 19.1. The lowest BCUT2D eigenvalue weighted by atomic mass is 10.1. The zero-order chi connectivity index (χ0) is 21.8. The molecule has 1 aliphatic rings. The quantitative estimate of drug-likeness (QED) is 0.494. The molecule has 0 aliphatic carbocycles. The van der Waals surface area contributed by atoms with E-state index in [1.807, 2.05) is 18.2 Å². The summed E-state index contributed by atoms with van der Waals surface area (Å²) in [4.78, 5) is 35.6. The number of likely N-dealkylation sites (tertiary alicyclic amines) is 1. The Hall–Kier alpha value is -3.69. The number of nitro benzene ring substituents is 1. The number of nitro groups is 1. The van der Waals surface area contributed by atoms with E-state index in [1.165, 1.54) is 7.11 Å². The second-order valence-electron chi connectivity index (χ2n) is 6.68. The van der Waals surface area contributed by atoms with Crippen molar-refractivity contribution in [2.75, 3.05) is 13.7 Å². The number of alkyl halides is 1. The molecule has 3 rings (SSSR count). The Bertz CT molecular complexity index is 967. The van der Waals surface area contributed by atoms with Crippen molar-refractivity contribution in [1.29, 1.82) is 0 Å². The van der Waals surface area contributed by atoms with Gasteiger partial charge in [-0.1, -0.05) is 30.3 Å². The minimum Gasteiger partial charge on any atom is -0.548 e. The molecule has 2 unspecified atom stereocenters. The molecule has 30 heavy (non-hydrogen) atoms. The Balaban J connectivity index is 1.95. The molecular formula is C20H18FN2O7-. The number of nitrogens with zero attached hydrogens (tertiary/aromatic N) is 2. The standard InChI is InChI=1S/C20H19FN2O7/c1-29-17-8-14(19(24)22-10-13(21)7-16(22)20(25)26)15(23(27)28)9-18(17)30-11-12-5-3-2-4-6-12/h2-6,8-9,13,16H,7,10-11H2,1H3,(H,25,26)/p-1. The van der Waals surface area contributed by atoms with E-state index in [-0.39, 0.29) is 18.1 Å². The van der Waals surface area contributed by atoms with Crippen LogP contribution >= 0.6 is 0 Å². The molecule has 1 fully saturated rings. The smallest absolute Gasteiger partial charge is 0.286 e. The van der Waals surface area contributed by atoms with Gasteiger partial charge in [0.25, 0.3) is 11.6 Å². The predicted molar refractivity (Wildman–Crippen MR) is 99.8 cm³/mol. The first-order valence-corrected chi connectivity index (χ1v) is 9.00. The lowest BCUT2D eigenvalue weighted by Crippen LogP contribution is -2.47.